The van der Waals surface area contributed by atoms with Crippen molar-refractivity contribution in [1.29, 1.82) is 0 Å². The number of hydrazine groups is 1. The minimum absolute atomic E-state index is 0.105. The molecular weight excluding hydrogens is 364 g/mol. The summed E-state index contributed by atoms with van der Waals surface area (Å²) in [5, 5.41) is 0. The fourth-order valence-electron chi connectivity index (χ4n) is 2.47. The van der Waals surface area contributed by atoms with Crippen molar-refractivity contribution >= 4 is 33.7 Å². The maximum atomic E-state index is 11.9. The molecule has 1 aliphatic rings. The SMILES string of the molecule is O=C(COC(=O)C1CCCCC1)NNC(=O)c1ccccc1Br. The lowest BCUT2D eigenvalue weighted by molar-refractivity contribution is -0.153. The minimum atomic E-state index is -0.574. The van der Waals surface area contributed by atoms with E-state index in [9.17, 15) is 14.4 Å². The zero-order valence-corrected chi connectivity index (χ0v) is 14.2. The Labute approximate surface area is 143 Å². The van der Waals surface area contributed by atoms with Gasteiger partial charge in [-0.2, -0.15) is 0 Å². The number of ether oxygens (including phenoxy) is 1. The molecule has 0 aromatic heterocycles. The minimum Gasteiger partial charge on any atom is -0.455 e. The summed E-state index contributed by atoms with van der Waals surface area (Å²) >= 11 is 3.25. The summed E-state index contributed by atoms with van der Waals surface area (Å²) in [6, 6.07) is 6.84. The number of carbonyl (C=O) groups excluding carboxylic acids is 3. The molecule has 1 aromatic carbocycles. The average Bonchev–Trinajstić information content (AvgIpc) is 2.58. The van der Waals surface area contributed by atoms with Crippen LogP contribution >= 0.6 is 15.9 Å². The molecule has 1 aliphatic carbocycles. The van der Waals surface area contributed by atoms with Gasteiger partial charge in [0.25, 0.3) is 11.8 Å². The molecule has 2 amide bonds. The highest BCUT2D eigenvalue weighted by Crippen LogP contribution is 2.24. The van der Waals surface area contributed by atoms with Crippen molar-refractivity contribution in [3.8, 4) is 0 Å². The second kappa shape index (κ2) is 8.67. The number of nitrogens with one attached hydrogen (secondary N) is 2. The zero-order valence-electron chi connectivity index (χ0n) is 12.6. The van der Waals surface area contributed by atoms with E-state index in [4.69, 9.17) is 4.74 Å². The predicted molar refractivity (Wildman–Crippen MR) is 87.3 cm³/mol. The Hall–Kier alpha value is -1.89. The normalized spacial score (nSPS) is 14.8. The summed E-state index contributed by atoms with van der Waals surface area (Å²) in [6.45, 7) is -0.397. The van der Waals surface area contributed by atoms with Gasteiger partial charge < -0.3 is 4.74 Å². The van der Waals surface area contributed by atoms with E-state index in [-0.39, 0.29) is 11.9 Å². The van der Waals surface area contributed by atoms with Crippen LogP contribution in [0.25, 0.3) is 0 Å². The van der Waals surface area contributed by atoms with Gasteiger partial charge in [-0.25, -0.2) is 0 Å². The maximum absolute atomic E-state index is 11.9. The van der Waals surface area contributed by atoms with Gasteiger partial charge in [0, 0.05) is 4.47 Å². The van der Waals surface area contributed by atoms with Crippen LogP contribution in [0.5, 0.6) is 0 Å². The van der Waals surface area contributed by atoms with E-state index >= 15 is 0 Å². The van der Waals surface area contributed by atoms with E-state index in [2.05, 4.69) is 26.8 Å². The van der Waals surface area contributed by atoms with E-state index in [1.807, 2.05) is 0 Å². The molecule has 0 saturated heterocycles. The van der Waals surface area contributed by atoms with Crippen LogP contribution in [0, 0.1) is 5.92 Å². The van der Waals surface area contributed by atoms with Crippen molar-refractivity contribution < 1.29 is 19.1 Å². The predicted octanol–water partition coefficient (Wildman–Crippen LogP) is 2.33. The Morgan fingerprint density at radius 3 is 2.48 bits per heavy atom. The van der Waals surface area contributed by atoms with Crippen LogP contribution in [-0.4, -0.2) is 24.4 Å². The molecule has 2 N–H and O–H groups in total. The second-order valence-electron chi connectivity index (χ2n) is 5.42. The quantitative estimate of drug-likeness (QED) is 0.618. The third-order valence-corrected chi connectivity index (χ3v) is 4.41. The van der Waals surface area contributed by atoms with Crippen molar-refractivity contribution in [2.45, 2.75) is 32.1 Å². The number of benzene rings is 1. The Kier molecular flexibility index (Phi) is 6.58. The third kappa shape index (κ3) is 5.35. The van der Waals surface area contributed by atoms with Crippen LogP contribution in [0.4, 0.5) is 0 Å². The summed E-state index contributed by atoms with van der Waals surface area (Å²) in [4.78, 5) is 35.3. The first-order valence-electron chi connectivity index (χ1n) is 7.58. The van der Waals surface area contributed by atoms with Gasteiger partial charge >= 0.3 is 5.97 Å². The molecule has 1 aromatic rings. The number of halogens is 1. The second-order valence-corrected chi connectivity index (χ2v) is 6.28. The number of hydrogen-bond acceptors (Lipinski definition) is 4. The topological polar surface area (TPSA) is 84.5 Å². The Morgan fingerprint density at radius 2 is 1.78 bits per heavy atom. The van der Waals surface area contributed by atoms with Gasteiger partial charge in [-0.15, -0.1) is 0 Å². The molecule has 0 bridgehead atoms. The largest absolute Gasteiger partial charge is 0.455 e. The summed E-state index contributed by atoms with van der Waals surface area (Å²) in [7, 11) is 0. The van der Waals surface area contributed by atoms with Gasteiger partial charge in [0.2, 0.25) is 0 Å². The highest BCUT2D eigenvalue weighted by molar-refractivity contribution is 9.10. The van der Waals surface area contributed by atoms with Crippen molar-refractivity contribution in [2.75, 3.05) is 6.61 Å². The molecule has 6 nitrogen and oxygen atoms in total. The van der Waals surface area contributed by atoms with Crippen molar-refractivity contribution in [3.05, 3.63) is 34.3 Å². The molecule has 0 heterocycles. The number of carbonyl (C=O) groups is 3. The number of rotatable bonds is 4. The molecule has 0 aliphatic heterocycles. The smallest absolute Gasteiger partial charge is 0.309 e. The molecule has 7 heteroatoms. The molecule has 0 unspecified atom stereocenters. The van der Waals surface area contributed by atoms with Crippen LogP contribution < -0.4 is 10.9 Å². The molecule has 1 fully saturated rings. The van der Waals surface area contributed by atoms with E-state index in [0.29, 0.717) is 10.0 Å². The lowest BCUT2D eigenvalue weighted by Crippen LogP contribution is -2.44. The first-order valence-corrected chi connectivity index (χ1v) is 8.37. The van der Waals surface area contributed by atoms with Crippen molar-refractivity contribution in [3.63, 3.8) is 0 Å². The fraction of sp³-hybridized carbons (Fsp3) is 0.438. The Bertz CT molecular complexity index is 585. The van der Waals surface area contributed by atoms with Gasteiger partial charge in [0.1, 0.15) is 0 Å². The van der Waals surface area contributed by atoms with Gasteiger partial charge in [-0.05, 0) is 40.9 Å². The number of amides is 2. The lowest BCUT2D eigenvalue weighted by Gasteiger charge is -2.19. The van der Waals surface area contributed by atoms with Crippen LogP contribution in [-0.2, 0) is 14.3 Å². The van der Waals surface area contributed by atoms with Crippen LogP contribution in [0.2, 0.25) is 0 Å². The van der Waals surface area contributed by atoms with Gasteiger partial charge in [-0.1, -0.05) is 31.4 Å². The molecule has 0 radical (unpaired) electrons. The van der Waals surface area contributed by atoms with Gasteiger partial charge in [0.15, 0.2) is 6.61 Å². The summed E-state index contributed by atoms with van der Waals surface area (Å²) in [6.07, 6.45) is 4.83. The lowest BCUT2D eigenvalue weighted by atomic mass is 9.89. The van der Waals surface area contributed by atoms with Crippen LogP contribution in [0.15, 0.2) is 28.7 Å². The van der Waals surface area contributed by atoms with E-state index in [0.717, 1.165) is 32.1 Å². The van der Waals surface area contributed by atoms with Gasteiger partial charge in [0.05, 0.1) is 11.5 Å². The summed E-state index contributed by atoms with van der Waals surface area (Å²) in [5.74, 6) is -1.47. The molecule has 1 saturated carbocycles. The molecule has 23 heavy (non-hydrogen) atoms. The van der Waals surface area contributed by atoms with Gasteiger partial charge in [-0.3, -0.25) is 25.2 Å². The van der Waals surface area contributed by atoms with E-state index in [1.165, 1.54) is 0 Å². The zero-order chi connectivity index (χ0) is 16.7. The average molecular weight is 383 g/mol. The number of hydrogen-bond donors (Lipinski definition) is 2. The third-order valence-electron chi connectivity index (χ3n) is 3.72. The molecule has 0 atom stereocenters. The monoisotopic (exact) mass is 382 g/mol. The highest BCUT2D eigenvalue weighted by atomic mass is 79.9. The number of esters is 1. The maximum Gasteiger partial charge on any atom is 0.309 e. The summed E-state index contributed by atoms with van der Waals surface area (Å²) < 4.78 is 5.61. The molecule has 0 spiro atoms. The summed E-state index contributed by atoms with van der Waals surface area (Å²) in [5.41, 5.74) is 4.91. The van der Waals surface area contributed by atoms with E-state index in [1.54, 1.807) is 24.3 Å². The Balaban J connectivity index is 1.71. The highest BCUT2D eigenvalue weighted by Gasteiger charge is 2.23. The Morgan fingerprint density at radius 1 is 1.09 bits per heavy atom. The fourth-order valence-corrected chi connectivity index (χ4v) is 2.93. The van der Waals surface area contributed by atoms with E-state index < -0.39 is 18.4 Å². The first kappa shape index (κ1) is 17.5. The van der Waals surface area contributed by atoms with Crippen LogP contribution in [0.1, 0.15) is 42.5 Å². The molecular formula is C16H19BrN2O4. The van der Waals surface area contributed by atoms with Crippen LogP contribution in [0.3, 0.4) is 0 Å². The first-order chi connectivity index (χ1) is 11.1. The molecule has 2 rings (SSSR count). The standard InChI is InChI=1S/C16H19BrN2O4/c17-13-9-5-4-8-12(13)15(21)19-18-14(20)10-23-16(22)11-6-2-1-3-7-11/h4-5,8-9,11H,1-3,6-7,10H2,(H,18,20)(H,19,21). The van der Waals surface area contributed by atoms with Crippen molar-refractivity contribution in [2.24, 2.45) is 5.92 Å². The van der Waals surface area contributed by atoms with Crippen molar-refractivity contribution in [1.82, 2.24) is 10.9 Å². The molecule has 124 valence electrons.